The van der Waals surface area contributed by atoms with E-state index in [1.54, 1.807) is 0 Å². The lowest BCUT2D eigenvalue weighted by atomic mass is 10.1. The Morgan fingerprint density at radius 3 is 2.84 bits per heavy atom. The minimum Gasteiger partial charge on any atom is -0.482 e. The van der Waals surface area contributed by atoms with Gasteiger partial charge in [-0.3, -0.25) is 19.8 Å². The van der Waals surface area contributed by atoms with Crippen molar-refractivity contribution in [2.75, 3.05) is 50.9 Å². The van der Waals surface area contributed by atoms with Gasteiger partial charge in [-0.1, -0.05) is 11.3 Å². The van der Waals surface area contributed by atoms with Gasteiger partial charge in [0.25, 0.3) is 5.91 Å². The molecule has 2 aliphatic heterocycles. The van der Waals surface area contributed by atoms with Crippen LogP contribution in [0.5, 0.6) is 5.75 Å². The fraction of sp³-hybridized carbons (Fsp3) is 0.364. The first-order chi connectivity index (χ1) is 15.2. The molecule has 9 heteroatoms. The van der Waals surface area contributed by atoms with Crippen LogP contribution in [0.15, 0.2) is 36.4 Å². The number of anilines is 1. The predicted molar refractivity (Wildman–Crippen MR) is 115 cm³/mol. The van der Waals surface area contributed by atoms with E-state index in [-0.39, 0.29) is 12.5 Å². The molecule has 0 radical (unpaired) electrons. The third-order valence-electron chi connectivity index (χ3n) is 5.61. The first-order valence-corrected chi connectivity index (χ1v) is 10.4. The van der Waals surface area contributed by atoms with Crippen LogP contribution in [0, 0.1) is 6.92 Å². The van der Waals surface area contributed by atoms with Gasteiger partial charge in [-0.15, -0.1) is 5.10 Å². The van der Waals surface area contributed by atoms with Crippen LogP contribution >= 0.6 is 0 Å². The smallest absolute Gasteiger partial charge is 0.265 e. The van der Waals surface area contributed by atoms with Crippen LogP contribution in [-0.4, -0.2) is 77.2 Å². The van der Waals surface area contributed by atoms with Gasteiger partial charge in [0, 0.05) is 37.4 Å². The highest BCUT2D eigenvalue weighted by atomic mass is 16.5. The fourth-order valence-electron chi connectivity index (χ4n) is 3.95. The van der Waals surface area contributed by atoms with Gasteiger partial charge in [-0.05, 0) is 37.3 Å². The van der Waals surface area contributed by atoms with Crippen LogP contribution < -0.4 is 9.64 Å². The Morgan fingerprint density at radius 1 is 1.13 bits per heavy atom. The van der Waals surface area contributed by atoms with E-state index in [9.17, 15) is 4.79 Å². The molecule has 0 aliphatic carbocycles. The van der Waals surface area contributed by atoms with Crippen molar-refractivity contribution >= 4 is 11.6 Å². The summed E-state index contributed by atoms with van der Waals surface area (Å²) in [5.41, 5.74) is 4.72. The molecule has 0 spiro atoms. The molecular weight excluding hydrogens is 396 g/mol. The van der Waals surface area contributed by atoms with Crippen molar-refractivity contribution in [3.05, 3.63) is 42.1 Å². The Hall–Kier alpha value is -3.30. The van der Waals surface area contributed by atoms with Gasteiger partial charge in [-0.25, -0.2) is 0 Å². The highest BCUT2D eigenvalue weighted by Crippen LogP contribution is 2.37. The largest absolute Gasteiger partial charge is 0.482 e. The summed E-state index contributed by atoms with van der Waals surface area (Å²) in [4.78, 5) is 21.4. The Morgan fingerprint density at radius 2 is 2.00 bits per heavy atom. The molecule has 1 N–H and O–H groups in total. The molecule has 0 saturated carbocycles. The van der Waals surface area contributed by atoms with Gasteiger partial charge in [0.1, 0.15) is 17.1 Å². The van der Waals surface area contributed by atoms with Crippen LogP contribution in [0.1, 0.15) is 5.69 Å². The summed E-state index contributed by atoms with van der Waals surface area (Å²) < 4.78 is 11.1. The zero-order valence-electron chi connectivity index (χ0n) is 17.4. The number of hydrogen-bond acceptors (Lipinski definition) is 7. The normalized spacial score (nSPS) is 16.8. The van der Waals surface area contributed by atoms with E-state index in [1.165, 1.54) is 0 Å². The molecule has 2 aliphatic rings. The number of aromatic amines is 1. The molecule has 5 rings (SSSR count). The number of amides is 1. The van der Waals surface area contributed by atoms with Gasteiger partial charge in [0.15, 0.2) is 6.61 Å². The first-order valence-electron chi connectivity index (χ1n) is 10.4. The second kappa shape index (κ2) is 8.44. The number of fused-ring (bicyclic) bond motifs is 1. The lowest BCUT2D eigenvalue weighted by Crippen LogP contribution is -2.45. The molecule has 1 amide bonds. The Labute approximate surface area is 180 Å². The van der Waals surface area contributed by atoms with Gasteiger partial charge in [0.05, 0.1) is 24.6 Å². The lowest BCUT2D eigenvalue weighted by Gasteiger charge is -2.33. The van der Waals surface area contributed by atoms with Crippen molar-refractivity contribution in [1.29, 1.82) is 0 Å². The number of carbonyl (C=O) groups is 1. The molecule has 0 atom stereocenters. The molecule has 1 aromatic carbocycles. The minimum absolute atomic E-state index is 0.0429. The van der Waals surface area contributed by atoms with E-state index in [2.05, 4.69) is 25.3 Å². The van der Waals surface area contributed by atoms with Gasteiger partial charge >= 0.3 is 0 Å². The average molecular weight is 420 g/mol. The van der Waals surface area contributed by atoms with E-state index in [0.29, 0.717) is 18.0 Å². The molecule has 1 saturated heterocycles. The number of aryl methyl sites for hydroxylation is 1. The molecule has 160 valence electrons. The molecule has 9 nitrogen and oxygen atoms in total. The number of aromatic nitrogens is 4. The third-order valence-corrected chi connectivity index (χ3v) is 5.61. The van der Waals surface area contributed by atoms with E-state index < -0.39 is 0 Å². The van der Waals surface area contributed by atoms with Crippen LogP contribution in [0.4, 0.5) is 5.69 Å². The number of nitrogens with zero attached hydrogens (tertiary/aromatic N) is 5. The van der Waals surface area contributed by atoms with Gasteiger partial charge < -0.3 is 14.4 Å². The number of carbonyl (C=O) groups excluding carboxylic acids is 1. The van der Waals surface area contributed by atoms with Crippen molar-refractivity contribution in [3.63, 3.8) is 0 Å². The predicted octanol–water partition coefficient (Wildman–Crippen LogP) is 1.90. The number of ether oxygens (including phenoxy) is 2. The molecule has 4 heterocycles. The van der Waals surface area contributed by atoms with Crippen LogP contribution in [0.3, 0.4) is 0 Å². The summed E-state index contributed by atoms with van der Waals surface area (Å²) in [6, 6.07) is 11.6. The Balaban J connectivity index is 1.45. The minimum atomic E-state index is -0.0429. The molecule has 31 heavy (non-hydrogen) atoms. The van der Waals surface area contributed by atoms with Crippen LogP contribution in [0.2, 0.25) is 0 Å². The number of hydrogen-bond donors (Lipinski definition) is 1. The van der Waals surface area contributed by atoms with Crippen molar-refractivity contribution in [3.8, 4) is 28.4 Å². The summed E-state index contributed by atoms with van der Waals surface area (Å²) in [6.07, 6.45) is 0. The third kappa shape index (κ3) is 4.01. The maximum Gasteiger partial charge on any atom is 0.265 e. The number of benzene rings is 1. The zero-order valence-corrected chi connectivity index (χ0v) is 17.4. The van der Waals surface area contributed by atoms with Gasteiger partial charge in [-0.2, -0.15) is 0 Å². The number of nitrogens with one attached hydrogen (secondary N) is 1. The average Bonchev–Trinajstić information content (AvgIpc) is 3.29. The quantitative estimate of drug-likeness (QED) is 0.673. The number of rotatable bonds is 5. The molecular formula is C22H24N6O3. The van der Waals surface area contributed by atoms with Gasteiger partial charge in [0.2, 0.25) is 0 Å². The van der Waals surface area contributed by atoms with E-state index in [0.717, 1.165) is 61.2 Å². The van der Waals surface area contributed by atoms with Crippen molar-refractivity contribution < 1.29 is 14.3 Å². The van der Waals surface area contributed by atoms with Crippen molar-refractivity contribution in [2.24, 2.45) is 0 Å². The molecule has 0 unspecified atom stereocenters. The molecule has 0 bridgehead atoms. The maximum atomic E-state index is 12.7. The number of H-pyrrole nitrogens is 1. The Kier molecular flexibility index (Phi) is 5.35. The SMILES string of the molecule is Cc1cccc(-c2[nH]nnc2-c2ccc3c(c2)N(CCN2CCOCC2)C(=O)CO3)n1. The highest BCUT2D eigenvalue weighted by Gasteiger charge is 2.27. The van der Waals surface area contributed by atoms with Crippen molar-refractivity contribution in [2.45, 2.75) is 6.92 Å². The molecule has 3 aromatic rings. The highest BCUT2D eigenvalue weighted by molar-refractivity contribution is 5.98. The Bertz CT molecular complexity index is 1090. The summed E-state index contributed by atoms with van der Waals surface area (Å²) in [6.45, 7) is 6.64. The second-order valence-corrected chi connectivity index (χ2v) is 7.67. The molecule has 2 aromatic heterocycles. The van der Waals surface area contributed by atoms with E-state index >= 15 is 0 Å². The van der Waals surface area contributed by atoms with Crippen molar-refractivity contribution in [1.82, 2.24) is 25.3 Å². The van der Waals surface area contributed by atoms with E-state index in [1.807, 2.05) is 48.2 Å². The number of pyridine rings is 1. The summed E-state index contributed by atoms with van der Waals surface area (Å²) in [7, 11) is 0. The lowest BCUT2D eigenvalue weighted by molar-refractivity contribution is -0.121. The van der Waals surface area contributed by atoms with Crippen LogP contribution in [-0.2, 0) is 9.53 Å². The fourth-order valence-corrected chi connectivity index (χ4v) is 3.95. The molecule has 1 fully saturated rings. The summed E-state index contributed by atoms with van der Waals surface area (Å²) in [5.74, 6) is 0.655. The van der Waals surface area contributed by atoms with Crippen LogP contribution in [0.25, 0.3) is 22.6 Å². The first kappa shape index (κ1) is 19.7. The second-order valence-electron chi connectivity index (χ2n) is 7.67. The van der Waals surface area contributed by atoms with E-state index in [4.69, 9.17) is 9.47 Å². The summed E-state index contributed by atoms with van der Waals surface area (Å²) in [5, 5.41) is 11.3. The monoisotopic (exact) mass is 420 g/mol. The number of morpholine rings is 1. The maximum absolute atomic E-state index is 12.7. The standard InChI is InChI=1S/C22H24N6O3/c1-15-3-2-4-17(23-15)22-21(24-26-25-22)16-5-6-19-18(13-16)28(20(29)14-31-19)8-7-27-9-11-30-12-10-27/h2-6,13H,7-12,14H2,1H3,(H,24,25,26). The topological polar surface area (TPSA) is 96.5 Å². The summed E-state index contributed by atoms with van der Waals surface area (Å²) >= 11 is 0. The zero-order chi connectivity index (χ0) is 21.2.